The Kier molecular flexibility index (Phi) is 6.66. The molecule has 1 amide bonds. The number of thiophene rings is 1. The molecule has 2 unspecified atom stereocenters. The molecule has 9 heteroatoms. The SMILES string of the molecule is CC(=O)NCCc1ccc(S(=O)(=O)N2C3CCNCC2CC3)s1.Cl. The average molecular weight is 394 g/mol. The van der Waals surface area contributed by atoms with Gasteiger partial charge in [0.15, 0.2) is 0 Å². The van der Waals surface area contributed by atoms with Crippen LogP contribution in [0.5, 0.6) is 0 Å². The van der Waals surface area contributed by atoms with Gasteiger partial charge in [-0.2, -0.15) is 4.31 Å². The highest BCUT2D eigenvalue weighted by Gasteiger charge is 2.43. The van der Waals surface area contributed by atoms with Crippen molar-refractivity contribution < 1.29 is 13.2 Å². The zero-order valence-corrected chi connectivity index (χ0v) is 16.1. The molecule has 0 aliphatic carbocycles. The monoisotopic (exact) mass is 393 g/mol. The van der Waals surface area contributed by atoms with Gasteiger partial charge >= 0.3 is 0 Å². The second-order valence-electron chi connectivity index (χ2n) is 6.17. The molecule has 1 aromatic rings. The topological polar surface area (TPSA) is 78.5 Å². The molecule has 24 heavy (non-hydrogen) atoms. The molecule has 0 saturated carbocycles. The van der Waals surface area contributed by atoms with Crippen molar-refractivity contribution >= 4 is 39.7 Å². The van der Waals surface area contributed by atoms with Gasteiger partial charge in [0.2, 0.25) is 5.91 Å². The second kappa shape index (κ2) is 8.14. The fourth-order valence-corrected chi connectivity index (χ4v) is 6.79. The third kappa shape index (κ3) is 4.11. The summed E-state index contributed by atoms with van der Waals surface area (Å²) in [6, 6.07) is 3.78. The molecule has 6 nitrogen and oxygen atoms in total. The lowest BCUT2D eigenvalue weighted by Crippen LogP contribution is -2.42. The van der Waals surface area contributed by atoms with Crippen LogP contribution in [0.15, 0.2) is 16.3 Å². The van der Waals surface area contributed by atoms with E-state index in [4.69, 9.17) is 0 Å². The summed E-state index contributed by atoms with van der Waals surface area (Å²) >= 11 is 1.32. The van der Waals surface area contributed by atoms with Gasteiger partial charge < -0.3 is 10.6 Å². The molecule has 136 valence electrons. The Hall–Kier alpha value is -0.670. The van der Waals surface area contributed by atoms with E-state index in [-0.39, 0.29) is 30.4 Å². The maximum atomic E-state index is 13.0. The van der Waals surface area contributed by atoms with Crippen LogP contribution < -0.4 is 10.6 Å². The van der Waals surface area contributed by atoms with Crippen molar-refractivity contribution in [1.29, 1.82) is 0 Å². The first-order valence-electron chi connectivity index (χ1n) is 8.06. The number of hydrogen-bond donors (Lipinski definition) is 2. The van der Waals surface area contributed by atoms with Crippen LogP contribution >= 0.6 is 23.7 Å². The fraction of sp³-hybridized carbons (Fsp3) is 0.667. The number of nitrogens with zero attached hydrogens (tertiary/aromatic N) is 1. The number of carbonyl (C=O) groups excluding carboxylic acids is 1. The third-order valence-corrected chi connectivity index (χ3v) is 8.12. The highest BCUT2D eigenvalue weighted by molar-refractivity contribution is 7.91. The zero-order chi connectivity index (χ0) is 16.4. The molecule has 2 bridgehead atoms. The van der Waals surface area contributed by atoms with E-state index in [1.54, 1.807) is 10.4 Å². The van der Waals surface area contributed by atoms with Gasteiger partial charge in [-0.1, -0.05) is 0 Å². The summed E-state index contributed by atoms with van der Waals surface area (Å²) in [5, 5.41) is 6.07. The molecule has 2 aliphatic rings. The van der Waals surface area contributed by atoms with Crippen molar-refractivity contribution in [2.24, 2.45) is 0 Å². The molecular weight excluding hydrogens is 370 g/mol. The summed E-state index contributed by atoms with van der Waals surface area (Å²) < 4.78 is 28.2. The van der Waals surface area contributed by atoms with Gasteiger partial charge in [-0.15, -0.1) is 23.7 Å². The number of halogens is 1. The number of sulfonamides is 1. The number of hydrogen-bond acceptors (Lipinski definition) is 5. The van der Waals surface area contributed by atoms with Crippen molar-refractivity contribution in [3.05, 3.63) is 17.0 Å². The van der Waals surface area contributed by atoms with Crippen LogP contribution in [-0.4, -0.2) is 50.3 Å². The summed E-state index contributed by atoms with van der Waals surface area (Å²) in [6.45, 7) is 3.65. The Morgan fingerprint density at radius 3 is 2.83 bits per heavy atom. The van der Waals surface area contributed by atoms with Gasteiger partial charge in [0.05, 0.1) is 0 Å². The van der Waals surface area contributed by atoms with E-state index < -0.39 is 10.0 Å². The molecule has 3 heterocycles. The zero-order valence-electron chi connectivity index (χ0n) is 13.7. The minimum Gasteiger partial charge on any atom is -0.356 e. The number of carbonyl (C=O) groups is 1. The van der Waals surface area contributed by atoms with E-state index in [0.717, 1.165) is 37.2 Å². The van der Waals surface area contributed by atoms with E-state index in [1.807, 2.05) is 6.07 Å². The Bertz CT molecular complexity index is 663. The Labute approximate surface area is 153 Å². The van der Waals surface area contributed by atoms with Gasteiger partial charge in [-0.05, 0) is 44.4 Å². The van der Waals surface area contributed by atoms with Gasteiger partial charge in [0.1, 0.15) is 4.21 Å². The maximum absolute atomic E-state index is 13.0. The Morgan fingerprint density at radius 1 is 1.33 bits per heavy atom. The number of amides is 1. The van der Waals surface area contributed by atoms with Gasteiger partial charge in [0.25, 0.3) is 10.0 Å². The largest absolute Gasteiger partial charge is 0.356 e. The number of nitrogens with one attached hydrogen (secondary N) is 2. The van der Waals surface area contributed by atoms with Crippen molar-refractivity contribution in [3.63, 3.8) is 0 Å². The molecule has 0 aromatic carbocycles. The van der Waals surface area contributed by atoms with Crippen LogP contribution in [0, 0.1) is 0 Å². The minimum absolute atomic E-state index is 0. The van der Waals surface area contributed by atoms with Crippen molar-refractivity contribution in [2.75, 3.05) is 19.6 Å². The summed E-state index contributed by atoms with van der Waals surface area (Å²) in [5.74, 6) is -0.0666. The standard InChI is InChI=1S/C15H23N3O3S2.ClH/c1-11(19)17-9-7-14-4-5-15(22-14)23(20,21)18-12-2-3-13(18)10-16-8-6-12;/h4-5,12-13,16H,2-3,6-10H2,1H3,(H,17,19);1H. The minimum atomic E-state index is -3.42. The Morgan fingerprint density at radius 2 is 2.08 bits per heavy atom. The van der Waals surface area contributed by atoms with Crippen molar-refractivity contribution in [3.8, 4) is 0 Å². The smallest absolute Gasteiger partial charge is 0.253 e. The predicted molar refractivity (Wildman–Crippen MR) is 97.3 cm³/mol. The lowest BCUT2D eigenvalue weighted by molar-refractivity contribution is -0.118. The first-order valence-corrected chi connectivity index (χ1v) is 10.3. The first-order chi connectivity index (χ1) is 11.0. The highest BCUT2D eigenvalue weighted by atomic mass is 35.5. The molecule has 2 N–H and O–H groups in total. The average Bonchev–Trinajstić information content (AvgIpc) is 3.03. The first kappa shape index (κ1) is 19.7. The molecule has 2 fully saturated rings. The predicted octanol–water partition coefficient (Wildman–Crippen LogP) is 1.36. The highest BCUT2D eigenvalue weighted by Crippen LogP contribution is 2.35. The quantitative estimate of drug-likeness (QED) is 0.791. The molecule has 1 aromatic heterocycles. The van der Waals surface area contributed by atoms with Crippen molar-refractivity contribution in [1.82, 2.24) is 14.9 Å². The molecular formula is C15H24ClN3O3S2. The lowest BCUT2D eigenvalue weighted by atomic mass is 10.1. The van der Waals surface area contributed by atoms with E-state index in [2.05, 4.69) is 10.6 Å². The van der Waals surface area contributed by atoms with Crippen LogP contribution in [0.3, 0.4) is 0 Å². The van der Waals surface area contributed by atoms with Crippen LogP contribution in [0.4, 0.5) is 0 Å². The second-order valence-corrected chi connectivity index (χ2v) is 9.40. The van der Waals surface area contributed by atoms with E-state index >= 15 is 0 Å². The molecule has 0 radical (unpaired) electrons. The molecule has 2 saturated heterocycles. The molecule has 2 atom stereocenters. The summed E-state index contributed by atoms with van der Waals surface area (Å²) in [7, 11) is -3.42. The van der Waals surface area contributed by atoms with Crippen LogP contribution in [-0.2, 0) is 21.2 Å². The normalized spacial score (nSPS) is 24.2. The number of fused-ring (bicyclic) bond motifs is 2. The fourth-order valence-electron chi connectivity index (χ4n) is 3.43. The third-order valence-electron chi connectivity index (χ3n) is 4.50. The molecule has 2 aliphatic heterocycles. The summed E-state index contributed by atoms with van der Waals surface area (Å²) in [4.78, 5) is 11.9. The van der Waals surface area contributed by atoms with E-state index in [9.17, 15) is 13.2 Å². The lowest BCUT2D eigenvalue weighted by Gasteiger charge is -2.26. The summed E-state index contributed by atoms with van der Waals surface area (Å²) in [5.41, 5.74) is 0. The summed E-state index contributed by atoms with van der Waals surface area (Å²) in [6.07, 6.45) is 3.45. The van der Waals surface area contributed by atoms with Crippen LogP contribution in [0.2, 0.25) is 0 Å². The van der Waals surface area contributed by atoms with Crippen LogP contribution in [0.25, 0.3) is 0 Å². The molecule has 3 rings (SSSR count). The van der Waals surface area contributed by atoms with Crippen molar-refractivity contribution in [2.45, 2.75) is 48.9 Å². The number of rotatable bonds is 5. The van der Waals surface area contributed by atoms with E-state index in [0.29, 0.717) is 17.2 Å². The molecule has 0 spiro atoms. The van der Waals surface area contributed by atoms with E-state index in [1.165, 1.54) is 18.3 Å². The Balaban J connectivity index is 0.00000208. The van der Waals surface area contributed by atoms with Gasteiger partial charge in [-0.25, -0.2) is 8.42 Å². The van der Waals surface area contributed by atoms with Gasteiger partial charge in [-0.3, -0.25) is 4.79 Å². The van der Waals surface area contributed by atoms with Gasteiger partial charge in [0, 0.05) is 37.0 Å². The maximum Gasteiger partial charge on any atom is 0.253 e. The van der Waals surface area contributed by atoms with Crippen LogP contribution in [0.1, 0.15) is 31.1 Å².